The van der Waals surface area contributed by atoms with Crippen LogP contribution in [0.25, 0.3) is 22.6 Å². The SMILES string of the molecule is CN(c1cnc(-c2ccc(-c3cc(F)n(C)c(=O)n3)cc2O)nn1)[C@H]1C[C@H]2CC[C@H](N2)[C@H]1F. The zero-order chi connectivity index (χ0) is 23.3. The maximum absolute atomic E-state index is 14.9. The van der Waals surface area contributed by atoms with Crippen LogP contribution in [-0.4, -0.2) is 61.2 Å². The van der Waals surface area contributed by atoms with Crippen LogP contribution in [0.15, 0.2) is 35.3 Å². The molecule has 0 spiro atoms. The second kappa shape index (κ2) is 8.14. The Morgan fingerprint density at radius 2 is 2.06 bits per heavy atom. The van der Waals surface area contributed by atoms with Crippen LogP contribution in [0.4, 0.5) is 14.6 Å². The molecular weight excluding hydrogens is 432 g/mol. The van der Waals surface area contributed by atoms with E-state index in [1.54, 1.807) is 24.1 Å². The minimum atomic E-state index is -1.000. The highest BCUT2D eigenvalue weighted by atomic mass is 19.1. The molecule has 4 heterocycles. The van der Waals surface area contributed by atoms with E-state index in [9.17, 15) is 18.7 Å². The highest BCUT2D eigenvalue weighted by molar-refractivity contribution is 5.71. The van der Waals surface area contributed by atoms with Gasteiger partial charge in [0.2, 0.25) is 0 Å². The van der Waals surface area contributed by atoms with Crippen molar-refractivity contribution in [3.63, 3.8) is 0 Å². The molecule has 5 rings (SSSR count). The van der Waals surface area contributed by atoms with Gasteiger partial charge in [-0.3, -0.25) is 4.57 Å². The summed E-state index contributed by atoms with van der Waals surface area (Å²) in [7, 11) is 3.07. The fourth-order valence-electron chi connectivity index (χ4n) is 4.61. The third-order valence-corrected chi connectivity index (χ3v) is 6.58. The quantitative estimate of drug-likeness (QED) is 0.574. The minimum absolute atomic E-state index is 0.102. The van der Waals surface area contributed by atoms with Gasteiger partial charge in [0.1, 0.15) is 11.9 Å². The summed E-state index contributed by atoms with van der Waals surface area (Å²) in [5.74, 6) is -0.278. The second-order valence-electron chi connectivity index (χ2n) is 8.58. The molecule has 11 heteroatoms. The number of halogens is 2. The van der Waals surface area contributed by atoms with Crippen molar-refractivity contribution in [2.45, 2.75) is 43.6 Å². The van der Waals surface area contributed by atoms with E-state index in [1.807, 2.05) is 0 Å². The summed E-state index contributed by atoms with van der Waals surface area (Å²) >= 11 is 0. The molecule has 2 aliphatic heterocycles. The summed E-state index contributed by atoms with van der Waals surface area (Å²) in [6.07, 6.45) is 3.02. The number of piperidine rings is 1. The Morgan fingerprint density at radius 1 is 1.24 bits per heavy atom. The minimum Gasteiger partial charge on any atom is -0.507 e. The van der Waals surface area contributed by atoms with Gasteiger partial charge in [0.05, 0.1) is 23.5 Å². The first-order valence-corrected chi connectivity index (χ1v) is 10.7. The van der Waals surface area contributed by atoms with Crippen molar-refractivity contribution >= 4 is 5.82 Å². The molecule has 1 aromatic carbocycles. The first-order valence-electron chi connectivity index (χ1n) is 10.7. The molecule has 3 aromatic rings. The zero-order valence-corrected chi connectivity index (χ0v) is 18.1. The molecule has 2 bridgehead atoms. The number of phenols is 1. The van der Waals surface area contributed by atoms with E-state index in [2.05, 4.69) is 25.5 Å². The molecule has 0 amide bonds. The highest BCUT2D eigenvalue weighted by Crippen LogP contribution is 2.34. The molecule has 2 aromatic heterocycles. The van der Waals surface area contributed by atoms with Gasteiger partial charge < -0.3 is 15.3 Å². The van der Waals surface area contributed by atoms with Crippen molar-refractivity contribution in [1.82, 2.24) is 30.0 Å². The maximum atomic E-state index is 14.9. The average Bonchev–Trinajstić information content (AvgIpc) is 3.22. The summed E-state index contributed by atoms with van der Waals surface area (Å²) in [5, 5.41) is 22.1. The number of fused-ring (bicyclic) bond motifs is 2. The molecular formula is C22H23F2N7O2. The molecule has 2 N–H and O–H groups in total. The summed E-state index contributed by atoms with van der Waals surface area (Å²) < 4.78 is 29.5. The van der Waals surface area contributed by atoms with Gasteiger partial charge in [-0.15, -0.1) is 10.2 Å². The fourth-order valence-corrected chi connectivity index (χ4v) is 4.61. The standard InChI is InChI=1S/C22H23F2N7O2/c1-30(16-8-12-4-6-14(26-12)20(16)24)19-10-25-21(29-28-19)13-5-3-11(7-17(13)32)15-9-18(23)31(2)22(33)27-15/h3,5,7,9-10,12,14,16,20,26,32H,4,6,8H2,1-2H3/t12-,14+,16+,20-/m1/s1. The number of nitrogens with zero attached hydrogens (tertiary/aromatic N) is 6. The molecule has 2 aliphatic rings. The summed E-state index contributed by atoms with van der Waals surface area (Å²) in [4.78, 5) is 21.7. The number of anilines is 1. The molecule has 4 atom stereocenters. The van der Waals surface area contributed by atoms with Crippen molar-refractivity contribution in [3.05, 3.63) is 46.9 Å². The molecule has 2 saturated heterocycles. The van der Waals surface area contributed by atoms with Gasteiger partial charge in [0.25, 0.3) is 0 Å². The molecule has 0 radical (unpaired) electrons. The predicted octanol–water partition coefficient (Wildman–Crippen LogP) is 1.81. The van der Waals surface area contributed by atoms with Crippen LogP contribution in [-0.2, 0) is 7.05 Å². The first-order chi connectivity index (χ1) is 15.8. The lowest BCUT2D eigenvalue weighted by molar-refractivity contribution is 0.176. The molecule has 0 unspecified atom stereocenters. The molecule has 172 valence electrons. The maximum Gasteiger partial charge on any atom is 0.350 e. The molecule has 2 fully saturated rings. The fraction of sp³-hybridized carbons (Fsp3) is 0.409. The predicted molar refractivity (Wildman–Crippen MR) is 117 cm³/mol. The van der Waals surface area contributed by atoms with Gasteiger partial charge in [-0.1, -0.05) is 6.07 Å². The molecule has 0 saturated carbocycles. The Bertz CT molecular complexity index is 1250. The van der Waals surface area contributed by atoms with Gasteiger partial charge in [0.15, 0.2) is 17.6 Å². The van der Waals surface area contributed by atoms with Crippen LogP contribution in [0.3, 0.4) is 0 Å². The van der Waals surface area contributed by atoms with Crippen LogP contribution >= 0.6 is 0 Å². The number of benzene rings is 1. The van der Waals surface area contributed by atoms with Crippen LogP contribution in [0, 0.1) is 5.95 Å². The molecule has 0 aliphatic carbocycles. The Labute approximate surface area is 188 Å². The number of nitrogens with one attached hydrogen (secondary N) is 1. The lowest BCUT2D eigenvalue weighted by Gasteiger charge is -2.38. The second-order valence-corrected chi connectivity index (χ2v) is 8.58. The van der Waals surface area contributed by atoms with Gasteiger partial charge in [-0.25, -0.2) is 14.2 Å². The van der Waals surface area contributed by atoms with Crippen LogP contribution in [0.5, 0.6) is 5.75 Å². The largest absolute Gasteiger partial charge is 0.507 e. The Morgan fingerprint density at radius 3 is 2.76 bits per heavy atom. The van der Waals surface area contributed by atoms with E-state index in [1.165, 1.54) is 19.3 Å². The van der Waals surface area contributed by atoms with Crippen molar-refractivity contribution < 1.29 is 13.9 Å². The Hall–Kier alpha value is -3.47. The zero-order valence-electron chi connectivity index (χ0n) is 18.1. The number of aromatic hydroxyl groups is 1. The molecule has 33 heavy (non-hydrogen) atoms. The van der Waals surface area contributed by atoms with E-state index < -0.39 is 17.8 Å². The average molecular weight is 455 g/mol. The Kier molecular flexibility index (Phi) is 5.28. The lowest BCUT2D eigenvalue weighted by atomic mass is 9.96. The third-order valence-electron chi connectivity index (χ3n) is 6.58. The highest BCUT2D eigenvalue weighted by Gasteiger charge is 2.43. The monoisotopic (exact) mass is 455 g/mol. The van der Waals surface area contributed by atoms with Gasteiger partial charge in [-0.05, 0) is 31.4 Å². The number of aromatic nitrogens is 5. The van der Waals surface area contributed by atoms with E-state index in [4.69, 9.17) is 0 Å². The summed E-state index contributed by atoms with van der Waals surface area (Å²) in [6, 6.07) is 5.49. The Balaban J connectivity index is 1.37. The number of hydrogen-bond donors (Lipinski definition) is 2. The lowest BCUT2D eigenvalue weighted by Crippen LogP contribution is -2.55. The summed E-state index contributed by atoms with van der Waals surface area (Å²) in [6.45, 7) is 0. The molecule has 9 nitrogen and oxygen atoms in total. The normalized spacial score (nSPS) is 24.1. The first kappa shape index (κ1) is 21.4. The number of phenolic OH excluding ortho intramolecular Hbond substituents is 1. The number of rotatable bonds is 4. The van der Waals surface area contributed by atoms with E-state index in [0.29, 0.717) is 29.4 Å². The van der Waals surface area contributed by atoms with Crippen LogP contribution < -0.4 is 15.9 Å². The van der Waals surface area contributed by atoms with E-state index in [0.717, 1.165) is 23.5 Å². The van der Waals surface area contributed by atoms with Gasteiger partial charge in [0, 0.05) is 37.8 Å². The van der Waals surface area contributed by atoms with Crippen LogP contribution in [0.2, 0.25) is 0 Å². The van der Waals surface area contributed by atoms with Crippen LogP contribution in [0.1, 0.15) is 19.3 Å². The van der Waals surface area contributed by atoms with Gasteiger partial charge >= 0.3 is 5.69 Å². The van der Waals surface area contributed by atoms with Crippen molar-refractivity contribution in [1.29, 1.82) is 0 Å². The van der Waals surface area contributed by atoms with Gasteiger partial charge in [-0.2, -0.15) is 9.37 Å². The number of alkyl halides is 1. The summed E-state index contributed by atoms with van der Waals surface area (Å²) in [5.41, 5.74) is 0.0444. The topological polar surface area (TPSA) is 109 Å². The van der Waals surface area contributed by atoms with Crippen molar-refractivity contribution in [2.24, 2.45) is 7.05 Å². The van der Waals surface area contributed by atoms with Crippen molar-refractivity contribution in [2.75, 3.05) is 11.9 Å². The van der Waals surface area contributed by atoms with E-state index in [-0.39, 0.29) is 29.4 Å². The third kappa shape index (κ3) is 3.82. The smallest absolute Gasteiger partial charge is 0.350 e. The van der Waals surface area contributed by atoms with Crippen molar-refractivity contribution in [3.8, 4) is 28.4 Å². The van der Waals surface area contributed by atoms with E-state index >= 15 is 0 Å². The number of hydrogen-bond acceptors (Lipinski definition) is 8.